The molecule has 106 valence electrons. The normalized spacial score (nSPS) is 20.7. The zero-order chi connectivity index (χ0) is 14.0. The van der Waals surface area contributed by atoms with Crippen molar-refractivity contribution in [1.29, 1.82) is 0 Å². The fourth-order valence-corrected chi connectivity index (χ4v) is 3.09. The molecule has 0 bridgehead atoms. The maximum Gasteiger partial charge on any atom is 0.178 e. The van der Waals surface area contributed by atoms with Crippen molar-refractivity contribution in [1.82, 2.24) is 9.47 Å². The zero-order valence-electron chi connectivity index (χ0n) is 12.3. The number of carbonyl (C=O) groups excluding carboxylic acids is 1. The number of aromatic nitrogens is 1. The standard InChI is InChI=1S/C15H25N3O/c1-4-18-11(2)8-14(12(18)3)15(19)10-17-7-5-6-13(16)9-17/h8,13H,4-7,9-10,16H2,1-3H3. The van der Waals surface area contributed by atoms with Crippen LogP contribution in [0.15, 0.2) is 6.07 Å². The highest BCUT2D eigenvalue weighted by Crippen LogP contribution is 2.17. The number of nitrogens with two attached hydrogens (primary N) is 1. The third-order valence-electron chi connectivity index (χ3n) is 4.10. The van der Waals surface area contributed by atoms with Crippen molar-refractivity contribution in [3.05, 3.63) is 23.0 Å². The number of carbonyl (C=O) groups is 1. The largest absolute Gasteiger partial charge is 0.349 e. The lowest BCUT2D eigenvalue weighted by Crippen LogP contribution is -2.44. The molecule has 1 saturated heterocycles. The molecular formula is C15H25N3O. The molecule has 2 heterocycles. The molecule has 1 aromatic rings. The Morgan fingerprint density at radius 3 is 2.79 bits per heavy atom. The second kappa shape index (κ2) is 5.88. The summed E-state index contributed by atoms with van der Waals surface area (Å²) in [5, 5.41) is 0. The van der Waals surface area contributed by atoms with Crippen molar-refractivity contribution in [2.75, 3.05) is 19.6 Å². The first-order chi connectivity index (χ1) is 9.02. The minimum absolute atomic E-state index is 0.224. The van der Waals surface area contributed by atoms with Crippen LogP contribution in [0.4, 0.5) is 0 Å². The number of ketones is 1. The van der Waals surface area contributed by atoms with Gasteiger partial charge in [0.25, 0.3) is 0 Å². The Morgan fingerprint density at radius 1 is 1.47 bits per heavy atom. The highest BCUT2D eigenvalue weighted by molar-refractivity contribution is 5.99. The van der Waals surface area contributed by atoms with Crippen LogP contribution in [0.25, 0.3) is 0 Å². The molecule has 1 aliphatic heterocycles. The molecule has 19 heavy (non-hydrogen) atoms. The topological polar surface area (TPSA) is 51.3 Å². The van der Waals surface area contributed by atoms with Gasteiger partial charge in [-0.05, 0) is 46.2 Å². The number of rotatable bonds is 4. The molecule has 4 heteroatoms. The van der Waals surface area contributed by atoms with E-state index in [1.807, 2.05) is 13.0 Å². The molecule has 0 spiro atoms. The van der Waals surface area contributed by atoms with Gasteiger partial charge in [-0.3, -0.25) is 9.69 Å². The predicted octanol–water partition coefficient (Wildman–Crippen LogP) is 1.73. The Labute approximate surface area is 115 Å². The average Bonchev–Trinajstić information content (AvgIpc) is 2.64. The van der Waals surface area contributed by atoms with E-state index in [4.69, 9.17) is 5.73 Å². The highest BCUT2D eigenvalue weighted by atomic mass is 16.1. The molecule has 1 fully saturated rings. The van der Waals surface area contributed by atoms with E-state index in [1.165, 1.54) is 5.69 Å². The summed E-state index contributed by atoms with van der Waals surface area (Å²) in [5.74, 6) is 0.224. The maximum absolute atomic E-state index is 12.4. The molecule has 4 nitrogen and oxygen atoms in total. The molecule has 1 aromatic heterocycles. The van der Waals surface area contributed by atoms with Gasteiger partial charge in [0.2, 0.25) is 0 Å². The molecule has 0 amide bonds. The summed E-state index contributed by atoms with van der Waals surface area (Å²) in [6.45, 7) is 9.46. The fourth-order valence-electron chi connectivity index (χ4n) is 3.09. The molecule has 0 aromatic carbocycles. The summed E-state index contributed by atoms with van der Waals surface area (Å²) < 4.78 is 2.19. The SMILES string of the molecule is CCn1c(C)cc(C(=O)CN2CCCC(N)C2)c1C. The van der Waals surface area contributed by atoms with Crippen LogP contribution < -0.4 is 5.73 Å². The van der Waals surface area contributed by atoms with E-state index in [-0.39, 0.29) is 11.8 Å². The third kappa shape index (κ3) is 3.07. The molecule has 0 radical (unpaired) electrons. The Hall–Kier alpha value is -1.13. The molecule has 0 aliphatic carbocycles. The minimum Gasteiger partial charge on any atom is -0.349 e. The van der Waals surface area contributed by atoms with Crippen LogP contribution in [0, 0.1) is 13.8 Å². The molecule has 1 atom stereocenters. The summed E-state index contributed by atoms with van der Waals surface area (Å²) >= 11 is 0. The Morgan fingerprint density at radius 2 is 2.21 bits per heavy atom. The lowest BCUT2D eigenvalue weighted by Gasteiger charge is -2.29. The molecular weight excluding hydrogens is 238 g/mol. The number of Topliss-reactive ketones (excluding diaryl/α,β-unsaturated/α-hetero) is 1. The van der Waals surface area contributed by atoms with Crippen molar-refractivity contribution in [3.8, 4) is 0 Å². The van der Waals surface area contributed by atoms with E-state index < -0.39 is 0 Å². The summed E-state index contributed by atoms with van der Waals surface area (Å²) in [7, 11) is 0. The lowest BCUT2D eigenvalue weighted by molar-refractivity contribution is 0.0907. The first-order valence-corrected chi connectivity index (χ1v) is 7.20. The maximum atomic E-state index is 12.4. The van der Waals surface area contributed by atoms with Crippen LogP contribution in [0.5, 0.6) is 0 Å². The first kappa shape index (κ1) is 14.3. The zero-order valence-corrected chi connectivity index (χ0v) is 12.3. The van der Waals surface area contributed by atoms with Crippen molar-refractivity contribution >= 4 is 5.78 Å². The van der Waals surface area contributed by atoms with Gasteiger partial charge in [0, 0.05) is 36.1 Å². The van der Waals surface area contributed by atoms with Gasteiger partial charge < -0.3 is 10.3 Å². The molecule has 2 N–H and O–H groups in total. The van der Waals surface area contributed by atoms with Crippen LogP contribution in [0.1, 0.15) is 41.5 Å². The predicted molar refractivity (Wildman–Crippen MR) is 77.6 cm³/mol. The van der Waals surface area contributed by atoms with Gasteiger partial charge in [0.1, 0.15) is 0 Å². The third-order valence-corrected chi connectivity index (χ3v) is 4.10. The molecule has 1 aliphatic rings. The van der Waals surface area contributed by atoms with Gasteiger partial charge in [-0.2, -0.15) is 0 Å². The molecule has 0 saturated carbocycles. The minimum atomic E-state index is 0.224. The van der Waals surface area contributed by atoms with Crippen molar-refractivity contribution in [2.45, 2.75) is 46.2 Å². The van der Waals surface area contributed by atoms with Gasteiger partial charge in [0.05, 0.1) is 6.54 Å². The number of nitrogens with zero attached hydrogens (tertiary/aromatic N) is 2. The first-order valence-electron chi connectivity index (χ1n) is 7.20. The Balaban J connectivity index is 2.07. The van der Waals surface area contributed by atoms with Crippen LogP contribution in [0.3, 0.4) is 0 Å². The monoisotopic (exact) mass is 263 g/mol. The van der Waals surface area contributed by atoms with E-state index in [1.54, 1.807) is 0 Å². The quantitative estimate of drug-likeness (QED) is 0.842. The van der Waals surface area contributed by atoms with Gasteiger partial charge >= 0.3 is 0 Å². The van der Waals surface area contributed by atoms with Gasteiger partial charge in [0.15, 0.2) is 5.78 Å². The Bertz CT molecular complexity index is 464. The van der Waals surface area contributed by atoms with Gasteiger partial charge in [-0.15, -0.1) is 0 Å². The van der Waals surface area contributed by atoms with E-state index >= 15 is 0 Å². The summed E-state index contributed by atoms with van der Waals surface area (Å²) in [6, 6.07) is 2.25. The van der Waals surface area contributed by atoms with Gasteiger partial charge in [-0.1, -0.05) is 0 Å². The number of aryl methyl sites for hydroxylation is 1. The van der Waals surface area contributed by atoms with E-state index in [0.29, 0.717) is 6.54 Å². The van der Waals surface area contributed by atoms with Crippen LogP contribution in [-0.4, -0.2) is 40.9 Å². The van der Waals surface area contributed by atoms with Crippen molar-refractivity contribution in [2.24, 2.45) is 5.73 Å². The van der Waals surface area contributed by atoms with Crippen LogP contribution in [-0.2, 0) is 6.54 Å². The summed E-state index contributed by atoms with van der Waals surface area (Å²) in [6.07, 6.45) is 2.18. The fraction of sp³-hybridized carbons (Fsp3) is 0.667. The number of hydrogen-bond donors (Lipinski definition) is 1. The second-order valence-electron chi connectivity index (χ2n) is 5.59. The highest BCUT2D eigenvalue weighted by Gasteiger charge is 2.21. The summed E-state index contributed by atoms with van der Waals surface area (Å²) in [4.78, 5) is 14.6. The van der Waals surface area contributed by atoms with E-state index in [2.05, 4.69) is 23.3 Å². The molecule has 2 rings (SSSR count). The smallest absolute Gasteiger partial charge is 0.178 e. The van der Waals surface area contributed by atoms with Crippen LogP contribution >= 0.6 is 0 Å². The van der Waals surface area contributed by atoms with Gasteiger partial charge in [-0.25, -0.2) is 0 Å². The molecule has 1 unspecified atom stereocenters. The second-order valence-corrected chi connectivity index (χ2v) is 5.59. The number of likely N-dealkylation sites (tertiary alicyclic amines) is 1. The van der Waals surface area contributed by atoms with Crippen LogP contribution in [0.2, 0.25) is 0 Å². The van der Waals surface area contributed by atoms with Crippen molar-refractivity contribution in [3.63, 3.8) is 0 Å². The summed E-state index contributed by atoms with van der Waals surface area (Å²) in [5.41, 5.74) is 9.09. The van der Waals surface area contributed by atoms with E-state index in [9.17, 15) is 4.79 Å². The lowest BCUT2D eigenvalue weighted by atomic mass is 10.1. The van der Waals surface area contributed by atoms with E-state index in [0.717, 1.165) is 43.7 Å². The number of piperidine rings is 1. The van der Waals surface area contributed by atoms with Crippen molar-refractivity contribution < 1.29 is 4.79 Å². The average molecular weight is 263 g/mol. The Kier molecular flexibility index (Phi) is 4.42. The number of hydrogen-bond acceptors (Lipinski definition) is 3.